The lowest BCUT2D eigenvalue weighted by atomic mass is 9.85. The number of aromatic nitrogens is 4. The van der Waals surface area contributed by atoms with E-state index in [1.54, 1.807) is 29.8 Å². The molecule has 0 unspecified atom stereocenters. The second-order valence-electron chi connectivity index (χ2n) is 10.1. The number of halogens is 1. The van der Waals surface area contributed by atoms with Gasteiger partial charge in [0.2, 0.25) is 0 Å². The number of benzene rings is 1. The van der Waals surface area contributed by atoms with Crippen LogP contribution in [0.1, 0.15) is 41.7 Å². The molecule has 4 aromatic rings. The molecule has 2 N–H and O–H groups in total. The van der Waals surface area contributed by atoms with Gasteiger partial charge in [-0.2, -0.15) is 0 Å². The number of fused-ring (bicyclic) bond motifs is 2. The third-order valence-corrected chi connectivity index (χ3v) is 7.68. The predicted molar refractivity (Wildman–Crippen MR) is 147 cm³/mol. The molecule has 1 aromatic carbocycles. The number of pyridine rings is 2. The highest BCUT2D eigenvalue weighted by Gasteiger charge is 2.26. The van der Waals surface area contributed by atoms with Crippen LogP contribution in [-0.2, 0) is 11.3 Å². The zero-order valence-corrected chi connectivity index (χ0v) is 22.1. The van der Waals surface area contributed by atoms with E-state index in [1.165, 1.54) is 6.20 Å². The van der Waals surface area contributed by atoms with Crippen LogP contribution in [0.15, 0.2) is 53.6 Å². The summed E-state index contributed by atoms with van der Waals surface area (Å²) in [6.07, 6.45) is 6.53. The van der Waals surface area contributed by atoms with Gasteiger partial charge in [0, 0.05) is 24.8 Å². The van der Waals surface area contributed by atoms with Crippen molar-refractivity contribution in [3.05, 3.63) is 75.6 Å². The molecule has 4 heterocycles. The van der Waals surface area contributed by atoms with E-state index in [9.17, 15) is 14.4 Å². The Labute approximate surface area is 229 Å². The van der Waals surface area contributed by atoms with Gasteiger partial charge in [-0.05, 0) is 56.7 Å². The minimum atomic E-state index is -0.262. The molecule has 0 spiro atoms. The van der Waals surface area contributed by atoms with Crippen molar-refractivity contribution >= 4 is 40.3 Å². The van der Waals surface area contributed by atoms with Crippen molar-refractivity contribution in [1.82, 2.24) is 24.4 Å². The number of nitrogens with zero attached hydrogens (tertiary/aromatic N) is 4. The molecular formula is C28H27ClN6O4. The van der Waals surface area contributed by atoms with Crippen molar-refractivity contribution in [2.24, 2.45) is 5.92 Å². The zero-order valence-electron chi connectivity index (χ0n) is 21.3. The van der Waals surface area contributed by atoms with Crippen LogP contribution >= 0.6 is 11.6 Å². The number of rotatable bonds is 5. The first-order valence-corrected chi connectivity index (χ1v) is 13.3. The highest BCUT2D eigenvalue weighted by molar-refractivity contribution is 6.30. The first-order chi connectivity index (χ1) is 18.9. The fraction of sp³-hybridized carbons (Fsp3) is 0.321. The van der Waals surface area contributed by atoms with E-state index in [0.29, 0.717) is 46.0 Å². The van der Waals surface area contributed by atoms with Gasteiger partial charge in [-0.15, -0.1) is 0 Å². The second kappa shape index (κ2) is 10.2. The first-order valence-electron chi connectivity index (χ1n) is 12.9. The first kappa shape index (κ1) is 25.1. The van der Waals surface area contributed by atoms with Gasteiger partial charge < -0.3 is 15.4 Å². The molecule has 2 amide bonds. The number of ether oxygens (including phenoxy) is 1. The number of hydrogen-bond acceptors (Lipinski definition) is 6. The molecule has 11 heteroatoms. The molecule has 1 aliphatic carbocycles. The van der Waals surface area contributed by atoms with Crippen LogP contribution in [0.3, 0.4) is 0 Å². The molecule has 0 bridgehead atoms. The Hall–Kier alpha value is -4.18. The molecule has 1 fully saturated rings. The Morgan fingerprint density at radius 3 is 2.67 bits per heavy atom. The van der Waals surface area contributed by atoms with Crippen LogP contribution in [0.2, 0.25) is 5.02 Å². The molecule has 0 radical (unpaired) electrons. The van der Waals surface area contributed by atoms with Crippen molar-refractivity contribution < 1.29 is 14.3 Å². The molecule has 6 rings (SSSR count). The number of aryl methyl sites for hydroxylation is 1. The topological polar surface area (TPSA) is 120 Å². The minimum Gasteiger partial charge on any atom is -0.480 e. The number of para-hydroxylation sites is 2. The maximum Gasteiger partial charge on any atom is 0.333 e. The van der Waals surface area contributed by atoms with Crippen LogP contribution in [0.4, 0.5) is 5.82 Å². The van der Waals surface area contributed by atoms with Gasteiger partial charge in [-0.3, -0.25) is 23.7 Å². The molecule has 39 heavy (non-hydrogen) atoms. The Balaban J connectivity index is 1.19. The van der Waals surface area contributed by atoms with E-state index in [-0.39, 0.29) is 30.2 Å². The van der Waals surface area contributed by atoms with E-state index in [4.69, 9.17) is 16.3 Å². The van der Waals surface area contributed by atoms with Gasteiger partial charge in [0.05, 0.1) is 39.2 Å². The standard InChI is InChI=1S/C28H27ClN6O4/c1-16-21(10-18(29)12-30-16)27(37)32-19-8-6-17(7-9-19)14-34-22-4-2-3-5-23(22)35(28(34)38)20-11-24-26(31-13-20)33-25(36)15-39-24/h2-5,10-13,17,19H,6-9,14-15H2,1H3,(H,32,37)(H,31,33,36)/t17-,19-. The Bertz CT molecular complexity index is 1650. The average molecular weight is 547 g/mol. The summed E-state index contributed by atoms with van der Waals surface area (Å²) < 4.78 is 8.98. The molecule has 2 aliphatic rings. The Morgan fingerprint density at radius 2 is 1.87 bits per heavy atom. The third kappa shape index (κ3) is 4.87. The largest absolute Gasteiger partial charge is 0.480 e. The molecule has 3 aromatic heterocycles. The summed E-state index contributed by atoms with van der Waals surface area (Å²) in [4.78, 5) is 46.6. The summed E-state index contributed by atoms with van der Waals surface area (Å²) in [5.41, 5.74) is 3.17. The van der Waals surface area contributed by atoms with Crippen LogP contribution in [0.25, 0.3) is 16.7 Å². The second-order valence-corrected chi connectivity index (χ2v) is 10.5. The van der Waals surface area contributed by atoms with E-state index < -0.39 is 0 Å². The number of nitrogens with one attached hydrogen (secondary N) is 2. The number of carbonyl (C=O) groups is 2. The smallest absolute Gasteiger partial charge is 0.333 e. The molecule has 200 valence electrons. The highest BCUT2D eigenvalue weighted by atomic mass is 35.5. The van der Waals surface area contributed by atoms with Crippen molar-refractivity contribution in [2.75, 3.05) is 11.9 Å². The van der Waals surface area contributed by atoms with Gasteiger partial charge in [-0.25, -0.2) is 9.78 Å². The van der Waals surface area contributed by atoms with E-state index in [2.05, 4.69) is 20.6 Å². The summed E-state index contributed by atoms with van der Waals surface area (Å²) in [5, 5.41) is 6.24. The zero-order chi connectivity index (χ0) is 27.1. The predicted octanol–water partition coefficient (Wildman–Crippen LogP) is 3.86. The van der Waals surface area contributed by atoms with Crippen LogP contribution in [-0.4, -0.2) is 43.6 Å². The van der Waals surface area contributed by atoms with Crippen LogP contribution < -0.4 is 21.1 Å². The summed E-state index contributed by atoms with van der Waals surface area (Å²) >= 11 is 6.03. The lowest BCUT2D eigenvalue weighted by Gasteiger charge is -2.29. The maximum atomic E-state index is 13.7. The summed E-state index contributed by atoms with van der Waals surface area (Å²) in [6, 6.07) is 11.1. The monoisotopic (exact) mass is 546 g/mol. The van der Waals surface area contributed by atoms with Crippen molar-refractivity contribution in [3.63, 3.8) is 0 Å². The number of hydrogen-bond donors (Lipinski definition) is 2. The van der Waals surface area contributed by atoms with E-state index in [1.807, 2.05) is 28.8 Å². The van der Waals surface area contributed by atoms with E-state index >= 15 is 0 Å². The lowest BCUT2D eigenvalue weighted by Crippen LogP contribution is -2.39. The number of anilines is 1. The van der Waals surface area contributed by atoms with Gasteiger partial charge in [-0.1, -0.05) is 23.7 Å². The van der Waals surface area contributed by atoms with Gasteiger partial charge in [0.1, 0.15) is 0 Å². The van der Waals surface area contributed by atoms with Gasteiger partial charge in [0.25, 0.3) is 11.8 Å². The van der Waals surface area contributed by atoms with Crippen molar-refractivity contribution in [3.8, 4) is 11.4 Å². The summed E-state index contributed by atoms with van der Waals surface area (Å²) in [5.74, 6) is 0.650. The highest BCUT2D eigenvalue weighted by Crippen LogP contribution is 2.30. The fourth-order valence-electron chi connectivity index (χ4n) is 5.45. The van der Waals surface area contributed by atoms with Crippen LogP contribution in [0.5, 0.6) is 5.75 Å². The van der Waals surface area contributed by atoms with Crippen molar-refractivity contribution in [2.45, 2.75) is 45.2 Å². The minimum absolute atomic E-state index is 0.0623. The molecular weight excluding hydrogens is 520 g/mol. The number of carbonyl (C=O) groups excluding carboxylic acids is 2. The SMILES string of the molecule is Cc1ncc(Cl)cc1C(=O)N[C@H]1CC[C@H](Cn2c(=O)n(-c3cnc4c(c3)OCC(=O)N4)c3ccccc32)CC1. The lowest BCUT2D eigenvalue weighted by molar-refractivity contribution is -0.118. The quantitative estimate of drug-likeness (QED) is 0.392. The average Bonchev–Trinajstić information content (AvgIpc) is 3.21. The number of amides is 2. The van der Waals surface area contributed by atoms with Gasteiger partial charge in [0.15, 0.2) is 18.2 Å². The molecule has 1 aliphatic heterocycles. The Morgan fingerprint density at radius 1 is 1.10 bits per heavy atom. The molecule has 10 nitrogen and oxygen atoms in total. The van der Waals surface area contributed by atoms with Crippen LogP contribution in [0, 0.1) is 12.8 Å². The van der Waals surface area contributed by atoms with E-state index in [0.717, 1.165) is 36.7 Å². The Kier molecular flexibility index (Phi) is 6.56. The van der Waals surface area contributed by atoms with Gasteiger partial charge >= 0.3 is 5.69 Å². The summed E-state index contributed by atoms with van der Waals surface area (Å²) in [6.45, 7) is 2.28. The normalized spacial score (nSPS) is 18.8. The summed E-state index contributed by atoms with van der Waals surface area (Å²) in [7, 11) is 0. The fourth-order valence-corrected chi connectivity index (χ4v) is 5.61. The molecule has 1 saturated carbocycles. The maximum absolute atomic E-state index is 13.7. The molecule has 0 atom stereocenters. The molecule has 0 saturated heterocycles. The third-order valence-electron chi connectivity index (χ3n) is 7.47. The number of imidazole rings is 1. The van der Waals surface area contributed by atoms with Crippen molar-refractivity contribution in [1.29, 1.82) is 0 Å².